The van der Waals surface area contributed by atoms with Crippen molar-refractivity contribution in [1.82, 2.24) is 5.32 Å². The van der Waals surface area contributed by atoms with Gasteiger partial charge in [-0.15, -0.1) is 6.58 Å². The SMILES string of the molecule is C=CCNC(=O)[C@@H](N)Cc1ccc(-c2ccccc2)cc1. The molecule has 3 nitrogen and oxygen atoms in total. The highest BCUT2D eigenvalue weighted by atomic mass is 16.2. The second kappa shape index (κ2) is 7.41. The van der Waals surface area contributed by atoms with Crippen molar-refractivity contribution in [2.75, 3.05) is 6.54 Å². The van der Waals surface area contributed by atoms with Gasteiger partial charge in [0, 0.05) is 6.54 Å². The Hall–Kier alpha value is -2.39. The van der Waals surface area contributed by atoms with E-state index in [4.69, 9.17) is 5.73 Å². The monoisotopic (exact) mass is 280 g/mol. The Morgan fingerprint density at radius 2 is 1.71 bits per heavy atom. The quantitative estimate of drug-likeness (QED) is 0.799. The van der Waals surface area contributed by atoms with Gasteiger partial charge in [0.1, 0.15) is 0 Å². The van der Waals surface area contributed by atoms with Crippen LogP contribution in [0.15, 0.2) is 67.3 Å². The van der Waals surface area contributed by atoms with Crippen LogP contribution in [-0.4, -0.2) is 18.5 Å². The average molecular weight is 280 g/mol. The number of hydrogen-bond donors (Lipinski definition) is 2. The fraction of sp³-hybridized carbons (Fsp3) is 0.167. The molecule has 1 atom stereocenters. The second-order valence-corrected chi connectivity index (χ2v) is 4.91. The van der Waals surface area contributed by atoms with Crippen molar-refractivity contribution in [3.63, 3.8) is 0 Å². The highest BCUT2D eigenvalue weighted by Crippen LogP contribution is 2.19. The maximum Gasteiger partial charge on any atom is 0.237 e. The third-order valence-electron chi connectivity index (χ3n) is 3.27. The molecule has 3 N–H and O–H groups in total. The Morgan fingerprint density at radius 1 is 1.10 bits per heavy atom. The number of nitrogens with one attached hydrogen (secondary N) is 1. The molecule has 0 spiro atoms. The first-order valence-corrected chi connectivity index (χ1v) is 6.99. The second-order valence-electron chi connectivity index (χ2n) is 4.91. The van der Waals surface area contributed by atoms with E-state index < -0.39 is 6.04 Å². The fourth-order valence-corrected chi connectivity index (χ4v) is 2.11. The van der Waals surface area contributed by atoms with E-state index in [0.29, 0.717) is 13.0 Å². The molecule has 1 amide bonds. The van der Waals surface area contributed by atoms with E-state index in [9.17, 15) is 4.79 Å². The van der Waals surface area contributed by atoms with Crippen molar-refractivity contribution < 1.29 is 4.79 Å². The average Bonchev–Trinajstić information content (AvgIpc) is 2.54. The van der Waals surface area contributed by atoms with Gasteiger partial charge in [0.15, 0.2) is 0 Å². The fourth-order valence-electron chi connectivity index (χ4n) is 2.11. The number of carbonyl (C=O) groups is 1. The van der Waals surface area contributed by atoms with Crippen LogP contribution in [-0.2, 0) is 11.2 Å². The zero-order chi connectivity index (χ0) is 15.1. The van der Waals surface area contributed by atoms with Crippen LogP contribution in [0, 0.1) is 0 Å². The van der Waals surface area contributed by atoms with Crippen molar-refractivity contribution in [3.8, 4) is 11.1 Å². The summed E-state index contributed by atoms with van der Waals surface area (Å²) in [4.78, 5) is 11.7. The summed E-state index contributed by atoms with van der Waals surface area (Å²) < 4.78 is 0. The summed E-state index contributed by atoms with van der Waals surface area (Å²) in [5.74, 6) is -0.151. The maximum absolute atomic E-state index is 11.7. The Labute approximate surface area is 125 Å². The largest absolute Gasteiger partial charge is 0.351 e. The molecule has 0 radical (unpaired) electrons. The minimum absolute atomic E-state index is 0.151. The molecule has 0 unspecified atom stereocenters. The van der Waals surface area contributed by atoms with Gasteiger partial charge in [-0.1, -0.05) is 60.7 Å². The van der Waals surface area contributed by atoms with E-state index in [1.807, 2.05) is 30.3 Å². The number of carbonyl (C=O) groups excluding carboxylic acids is 1. The molecule has 0 bridgehead atoms. The summed E-state index contributed by atoms with van der Waals surface area (Å²) in [6, 6.07) is 17.8. The lowest BCUT2D eigenvalue weighted by molar-refractivity contribution is -0.122. The molecular weight excluding hydrogens is 260 g/mol. The maximum atomic E-state index is 11.7. The molecule has 0 aliphatic rings. The summed E-state index contributed by atoms with van der Waals surface area (Å²) >= 11 is 0. The summed E-state index contributed by atoms with van der Waals surface area (Å²) in [7, 11) is 0. The molecule has 108 valence electrons. The lowest BCUT2D eigenvalue weighted by Crippen LogP contribution is -2.42. The number of nitrogens with two attached hydrogens (primary N) is 1. The topological polar surface area (TPSA) is 55.1 Å². The summed E-state index contributed by atoms with van der Waals surface area (Å²) in [6.45, 7) is 4.00. The zero-order valence-corrected chi connectivity index (χ0v) is 12.0. The van der Waals surface area contributed by atoms with Crippen LogP contribution in [0.25, 0.3) is 11.1 Å². The van der Waals surface area contributed by atoms with Gasteiger partial charge in [-0.05, 0) is 23.1 Å². The predicted molar refractivity (Wildman–Crippen MR) is 86.8 cm³/mol. The molecule has 0 heterocycles. The molecule has 0 fully saturated rings. The molecule has 0 aliphatic heterocycles. The lowest BCUT2D eigenvalue weighted by Gasteiger charge is -2.11. The molecule has 0 saturated carbocycles. The van der Waals surface area contributed by atoms with E-state index in [1.165, 1.54) is 5.56 Å². The molecule has 2 aromatic carbocycles. The number of benzene rings is 2. The Morgan fingerprint density at radius 3 is 2.33 bits per heavy atom. The van der Waals surface area contributed by atoms with Gasteiger partial charge < -0.3 is 11.1 Å². The highest BCUT2D eigenvalue weighted by molar-refractivity contribution is 5.81. The van der Waals surface area contributed by atoms with Crippen molar-refractivity contribution in [3.05, 3.63) is 72.8 Å². The highest BCUT2D eigenvalue weighted by Gasteiger charge is 2.12. The van der Waals surface area contributed by atoms with Gasteiger partial charge in [-0.3, -0.25) is 4.79 Å². The predicted octanol–water partition coefficient (Wildman–Crippen LogP) is 2.53. The Balaban J connectivity index is 1.99. The van der Waals surface area contributed by atoms with Gasteiger partial charge in [-0.2, -0.15) is 0 Å². The van der Waals surface area contributed by atoms with Crippen LogP contribution in [0.5, 0.6) is 0 Å². The van der Waals surface area contributed by atoms with Crippen molar-refractivity contribution in [1.29, 1.82) is 0 Å². The van der Waals surface area contributed by atoms with E-state index in [0.717, 1.165) is 11.1 Å². The van der Waals surface area contributed by atoms with E-state index in [1.54, 1.807) is 6.08 Å². The smallest absolute Gasteiger partial charge is 0.237 e. The van der Waals surface area contributed by atoms with Crippen molar-refractivity contribution in [2.45, 2.75) is 12.5 Å². The third kappa shape index (κ3) is 4.29. The normalized spacial score (nSPS) is 11.7. The van der Waals surface area contributed by atoms with Gasteiger partial charge in [0.2, 0.25) is 5.91 Å². The van der Waals surface area contributed by atoms with Gasteiger partial charge in [-0.25, -0.2) is 0 Å². The standard InChI is InChI=1S/C18H20N2O/c1-2-12-20-18(21)17(19)13-14-8-10-16(11-9-14)15-6-4-3-5-7-15/h2-11,17H,1,12-13,19H2,(H,20,21)/t17-/m0/s1. The first-order chi connectivity index (χ1) is 10.2. The molecule has 0 saturated heterocycles. The van der Waals surface area contributed by atoms with Crippen LogP contribution in [0.2, 0.25) is 0 Å². The third-order valence-corrected chi connectivity index (χ3v) is 3.27. The van der Waals surface area contributed by atoms with Crippen molar-refractivity contribution >= 4 is 5.91 Å². The van der Waals surface area contributed by atoms with Gasteiger partial charge in [0.05, 0.1) is 6.04 Å². The number of amides is 1. The zero-order valence-electron chi connectivity index (χ0n) is 12.0. The molecule has 3 heteroatoms. The number of rotatable bonds is 6. The molecule has 0 aliphatic carbocycles. The summed E-state index contributed by atoms with van der Waals surface area (Å²) in [6.07, 6.45) is 2.16. The van der Waals surface area contributed by atoms with Crippen molar-refractivity contribution in [2.24, 2.45) is 5.73 Å². The van der Waals surface area contributed by atoms with E-state index in [2.05, 4.69) is 36.2 Å². The lowest BCUT2D eigenvalue weighted by atomic mass is 10.0. The van der Waals surface area contributed by atoms with E-state index >= 15 is 0 Å². The van der Waals surface area contributed by atoms with Crippen LogP contribution in [0.1, 0.15) is 5.56 Å². The summed E-state index contributed by atoms with van der Waals surface area (Å²) in [5.41, 5.74) is 9.28. The van der Waals surface area contributed by atoms with Crippen LogP contribution in [0.3, 0.4) is 0 Å². The summed E-state index contributed by atoms with van der Waals surface area (Å²) in [5, 5.41) is 2.71. The first-order valence-electron chi connectivity index (χ1n) is 6.99. The first kappa shape index (κ1) is 15.0. The minimum Gasteiger partial charge on any atom is -0.351 e. The number of hydrogen-bond acceptors (Lipinski definition) is 2. The molecule has 2 aromatic rings. The molecular formula is C18H20N2O. The molecule has 21 heavy (non-hydrogen) atoms. The molecule has 2 rings (SSSR count). The van der Waals surface area contributed by atoms with E-state index in [-0.39, 0.29) is 5.91 Å². The van der Waals surface area contributed by atoms with Gasteiger partial charge >= 0.3 is 0 Å². The van der Waals surface area contributed by atoms with Crippen LogP contribution >= 0.6 is 0 Å². The molecule has 0 aromatic heterocycles. The Kier molecular flexibility index (Phi) is 5.29. The van der Waals surface area contributed by atoms with Crippen LogP contribution in [0.4, 0.5) is 0 Å². The minimum atomic E-state index is -0.535. The van der Waals surface area contributed by atoms with Gasteiger partial charge in [0.25, 0.3) is 0 Å². The Bertz CT molecular complexity index is 590. The van der Waals surface area contributed by atoms with Crippen LogP contribution < -0.4 is 11.1 Å².